The lowest BCUT2D eigenvalue weighted by molar-refractivity contribution is -0.163. The molecular weight excluding hydrogens is 294 g/mol. The van der Waals surface area contributed by atoms with Gasteiger partial charge in [0, 0.05) is 26.6 Å². The molecule has 0 fully saturated rings. The van der Waals surface area contributed by atoms with Crippen molar-refractivity contribution in [2.75, 3.05) is 14.2 Å². The predicted octanol–water partition coefficient (Wildman–Crippen LogP) is 4.61. The molecule has 0 aliphatic rings. The molecule has 4 heteroatoms. The third-order valence-electron chi connectivity index (χ3n) is 3.29. The summed E-state index contributed by atoms with van der Waals surface area (Å²) in [6.45, 7) is 2.22. The zero-order chi connectivity index (χ0) is 13.9. The van der Waals surface area contributed by atoms with Gasteiger partial charge in [-0.3, -0.25) is 0 Å². The van der Waals surface area contributed by atoms with Crippen molar-refractivity contribution in [3.63, 3.8) is 0 Å². The molecule has 0 aromatic rings. The summed E-state index contributed by atoms with van der Waals surface area (Å²) in [4.78, 5) is 0. The molecule has 0 N–H and O–H groups in total. The van der Waals surface area contributed by atoms with Crippen LogP contribution in [0.25, 0.3) is 0 Å². The molecule has 0 aliphatic carbocycles. The van der Waals surface area contributed by atoms with Gasteiger partial charge >= 0.3 is 0 Å². The van der Waals surface area contributed by atoms with Crippen LogP contribution in [0.2, 0.25) is 0 Å². The van der Waals surface area contributed by atoms with Gasteiger partial charge in [-0.1, -0.05) is 45.4 Å². The van der Waals surface area contributed by atoms with E-state index in [2.05, 4.69) is 28.9 Å². The van der Waals surface area contributed by atoms with Gasteiger partial charge in [0.2, 0.25) is 4.70 Å². The van der Waals surface area contributed by atoms with E-state index >= 15 is 0 Å². The molecule has 1 unspecified atom stereocenters. The smallest absolute Gasteiger partial charge is 0.229 e. The Bertz CT molecular complexity index is 236. The Morgan fingerprint density at radius 3 is 2.17 bits per heavy atom. The number of halogens is 1. The normalized spacial score (nSPS) is 13.3. The van der Waals surface area contributed by atoms with Crippen LogP contribution >= 0.6 is 15.9 Å². The van der Waals surface area contributed by atoms with E-state index < -0.39 is 4.70 Å². The summed E-state index contributed by atoms with van der Waals surface area (Å²) in [5.74, 6) is 0.0728. The first-order valence-electron chi connectivity index (χ1n) is 6.80. The topological polar surface area (TPSA) is 42.2 Å². The third-order valence-corrected chi connectivity index (χ3v) is 4.58. The van der Waals surface area contributed by atoms with Gasteiger partial charge in [-0.25, -0.2) is 0 Å². The molecule has 0 aliphatic heterocycles. The minimum absolute atomic E-state index is 0.0728. The zero-order valence-corrected chi connectivity index (χ0v) is 13.5. The number of unbranched alkanes of at least 4 members (excludes halogenated alkanes) is 5. The maximum atomic E-state index is 8.88. The SMILES string of the molecule is CCCCCCCCC(CC#N)C(Br)(OC)OC. The Morgan fingerprint density at radius 2 is 1.67 bits per heavy atom. The Labute approximate surface area is 120 Å². The molecule has 0 radical (unpaired) electrons. The number of methoxy groups -OCH3 is 2. The summed E-state index contributed by atoms with van der Waals surface area (Å²) in [7, 11) is 3.20. The maximum absolute atomic E-state index is 8.88. The second kappa shape index (κ2) is 10.8. The number of hydrogen-bond donors (Lipinski definition) is 0. The molecule has 0 rings (SSSR count). The van der Waals surface area contributed by atoms with E-state index in [1.165, 1.54) is 32.1 Å². The highest BCUT2D eigenvalue weighted by molar-refractivity contribution is 9.10. The van der Waals surface area contributed by atoms with E-state index in [9.17, 15) is 0 Å². The molecule has 0 amide bonds. The van der Waals surface area contributed by atoms with Crippen molar-refractivity contribution >= 4 is 15.9 Å². The van der Waals surface area contributed by atoms with Crippen molar-refractivity contribution in [1.29, 1.82) is 5.26 Å². The fraction of sp³-hybridized carbons (Fsp3) is 0.929. The maximum Gasteiger partial charge on any atom is 0.229 e. The molecule has 0 aromatic carbocycles. The Kier molecular flexibility index (Phi) is 10.7. The number of ether oxygens (including phenoxy) is 2. The van der Waals surface area contributed by atoms with Crippen LogP contribution < -0.4 is 0 Å². The van der Waals surface area contributed by atoms with Gasteiger partial charge < -0.3 is 9.47 Å². The van der Waals surface area contributed by atoms with Gasteiger partial charge in [0.05, 0.1) is 6.07 Å². The first-order chi connectivity index (χ1) is 8.64. The molecule has 1 atom stereocenters. The van der Waals surface area contributed by atoms with E-state index in [1.54, 1.807) is 14.2 Å². The van der Waals surface area contributed by atoms with E-state index in [4.69, 9.17) is 14.7 Å². The second-order valence-electron chi connectivity index (χ2n) is 4.61. The lowest BCUT2D eigenvalue weighted by Gasteiger charge is -2.31. The molecule has 0 aromatic heterocycles. The van der Waals surface area contributed by atoms with Gasteiger partial charge in [-0.15, -0.1) is 0 Å². The highest BCUT2D eigenvalue weighted by Gasteiger charge is 2.36. The molecule has 0 spiro atoms. The van der Waals surface area contributed by atoms with Gasteiger partial charge in [-0.05, 0) is 22.4 Å². The number of hydrogen-bond acceptors (Lipinski definition) is 3. The largest absolute Gasteiger partial charge is 0.344 e. The lowest BCUT2D eigenvalue weighted by atomic mass is 9.97. The van der Waals surface area contributed by atoms with Crippen molar-refractivity contribution < 1.29 is 9.47 Å². The molecule has 0 saturated heterocycles. The van der Waals surface area contributed by atoms with E-state index in [0.29, 0.717) is 6.42 Å². The van der Waals surface area contributed by atoms with Gasteiger partial charge in [-0.2, -0.15) is 5.26 Å². The number of rotatable bonds is 11. The fourth-order valence-electron chi connectivity index (χ4n) is 2.09. The summed E-state index contributed by atoms with van der Waals surface area (Å²) < 4.78 is 9.87. The summed E-state index contributed by atoms with van der Waals surface area (Å²) >= 11 is 3.45. The number of nitriles is 1. The minimum Gasteiger partial charge on any atom is -0.344 e. The molecule has 0 heterocycles. The van der Waals surface area contributed by atoms with Crippen LogP contribution in [0.1, 0.15) is 58.3 Å². The van der Waals surface area contributed by atoms with Gasteiger partial charge in [0.1, 0.15) is 0 Å². The summed E-state index contributed by atoms with van der Waals surface area (Å²) in [5, 5.41) is 8.88. The molecular formula is C14H26BrNO2. The molecule has 0 saturated carbocycles. The average molecular weight is 320 g/mol. The number of nitrogens with zero attached hydrogens (tertiary/aromatic N) is 1. The first kappa shape index (κ1) is 17.9. The Hall–Kier alpha value is -0.110. The molecule has 18 heavy (non-hydrogen) atoms. The quantitative estimate of drug-likeness (QED) is 0.317. The second-order valence-corrected chi connectivity index (χ2v) is 5.71. The van der Waals surface area contributed by atoms with Crippen LogP contribution in [0, 0.1) is 17.2 Å². The van der Waals surface area contributed by atoms with E-state index in [0.717, 1.165) is 12.8 Å². The van der Waals surface area contributed by atoms with Crippen LogP contribution in [0.15, 0.2) is 0 Å². The van der Waals surface area contributed by atoms with E-state index in [1.807, 2.05) is 0 Å². The third kappa shape index (κ3) is 6.72. The van der Waals surface area contributed by atoms with Crippen LogP contribution in [-0.2, 0) is 9.47 Å². The van der Waals surface area contributed by atoms with E-state index in [-0.39, 0.29) is 5.92 Å². The van der Waals surface area contributed by atoms with Crippen LogP contribution in [0.4, 0.5) is 0 Å². The Morgan fingerprint density at radius 1 is 1.11 bits per heavy atom. The fourth-order valence-corrected chi connectivity index (χ4v) is 2.49. The molecule has 0 bridgehead atoms. The highest BCUT2D eigenvalue weighted by Crippen LogP contribution is 2.35. The van der Waals surface area contributed by atoms with Crippen molar-refractivity contribution in [3.8, 4) is 6.07 Å². The lowest BCUT2D eigenvalue weighted by Crippen LogP contribution is -2.35. The molecule has 106 valence electrons. The predicted molar refractivity (Wildman–Crippen MR) is 77.4 cm³/mol. The molecule has 3 nitrogen and oxygen atoms in total. The van der Waals surface area contributed by atoms with Gasteiger partial charge in [0.15, 0.2) is 0 Å². The summed E-state index contributed by atoms with van der Waals surface area (Å²) in [6, 6.07) is 2.21. The highest BCUT2D eigenvalue weighted by atomic mass is 79.9. The van der Waals surface area contributed by atoms with Crippen molar-refractivity contribution in [3.05, 3.63) is 0 Å². The van der Waals surface area contributed by atoms with Crippen molar-refractivity contribution in [2.24, 2.45) is 5.92 Å². The van der Waals surface area contributed by atoms with Crippen LogP contribution in [0.3, 0.4) is 0 Å². The van der Waals surface area contributed by atoms with Crippen LogP contribution in [-0.4, -0.2) is 18.9 Å². The first-order valence-corrected chi connectivity index (χ1v) is 7.60. The Balaban J connectivity index is 4.01. The minimum atomic E-state index is -0.813. The number of alkyl halides is 1. The monoisotopic (exact) mass is 319 g/mol. The summed E-state index contributed by atoms with van der Waals surface area (Å²) in [5.41, 5.74) is 0. The zero-order valence-electron chi connectivity index (χ0n) is 11.9. The average Bonchev–Trinajstić information content (AvgIpc) is 2.40. The standard InChI is InChI=1S/C14H26BrNO2/c1-4-5-6-7-8-9-10-13(11-12-16)14(15,17-2)18-3/h13H,4-11H2,1-3H3. The van der Waals surface area contributed by atoms with Crippen molar-refractivity contribution in [2.45, 2.75) is 63.0 Å². The summed E-state index contributed by atoms with van der Waals surface area (Å²) in [6.07, 6.45) is 8.92. The van der Waals surface area contributed by atoms with Gasteiger partial charge in [0.25, 0.3) is 0 Å². The van der Waals surface area contributed by atoms with Crippen LogP contribution in [0.5, 0.6) is 0 Å². The van der Waals surface area contributed by atoms with Crippen molar-refractivity contribution in [1.82, 2.24) is 0 Å².